The summed E-state index contributed by atoms with van der Waals surface area (Å²) in [5.74, 6) is -0.562. The molecule has 1 aliphatic rings. The number of nitrogens with zero attached hydrogens (tertiary/aromatic N) is 1. The van der Waals surface area contributed by atoms with Crippen molar-refractivity contribution >= 4 is 29.1 Å². The molecule has 7 heteroatoms. The minimum atomic E-state index is -0.730. The zero-order valence-corrected chi connectivity index (χ0v) is 17.9. The summed E-state index contributed by atoms with van der Waals surface area (Å²) in [6, 6.07) is 11.0. The van der Waals surface area contributed by atoms with Gasteiger partial charge in [-0.1, -0.05) is 31.0 Å². The van der Waals surface area contributed by atoms with Crippen LogP contribution in [-0.2, 0) is 9.59 Å². The van der Waals surface area contributed by atoms with E-state index < -0.39 is 17.7 Å². The second-order valence-electron chi connectivity index (χ2n) is 6.97. The lowest BCUT2D eigenvalue weighted by Crippen LogP contribution is -2.30. The highest BCUT2D eigenvalue weighted by molar-refractivity contribution is 6.46. The van der Waals surface area contributed by atoms with Crippen LogP contribution in [-0.4, -0.2) is 42.5 Å². The summed E-state index contributed by atoms with van der Waals surface area (Å²) >= 11 is 5.94. The lowest BCUT2D eigenvalue weighted by Gasteiger charge is -2.25. The molecule has 0 spiro atoms. The molecule has 1 N–H and O–H groups in total. The molecule has 3 rings (SSSR count). The monoisotopic (exact) mass is 429 g/mol. The van der Waals surface area contributed by atoms with Crippen molar-refractivity contribution in [2.75, 3.05) is 20.8 Å². The molecule has 158 valence electrons. The zero-order chi connectivity index (χ0) is 21.8. The van der Waals surface area contributed by atoms with Gasteiger partial charge in [0.1, 0.15) is 5.76 Å². The fourth-order valence-corrected chi connectivity index (χ4v) is 3.70. The molecule has 6 nitrogen and oxygen atoms in total. The Hall–Kier alpha value is -2.99. The number of aliphatic hydroxyl groups is 1. The van der Waals surface area contributed by atoms with Crippen molar-refractivity contribution in [2.45, 2.75) is 25.8 Å². The van der Waals surface area contributed by atoms with Crippen LogP contribution in [0.4, 0.5) is 0 Å². The van der Waals surface area contributed by atoms with E-state index in [-0.39, 0.29) is 11.3 Å². The van der Waals surface area contributed by atoms with Crippen LogP contribution in [0.25, 0.3) is 5.76 Å². The Morgan fingerprint density at radius 2 is 1.73 bits per heavy atom. The van der Waals surface area contributed by atoms with Crippen LogP contribution < -0.4 is 9.47 Å². The maximum absolute atomic E-state index is 12.9. The second-order valence-corrected chi connectivity index (χ2v) is 7.40. The fourth-order valence-electron chi connectivity index (χ4n) is 3.57. The minimum Gasteiger partial charge on any atom is -0.507 e. The topological polar surface area (TPSA) is 76.1 Å². The number of methoxy groups -OCH3 is 2. The molecule has 0 aliphatic carbocycles. The maximum atomic E-state index is 12.9. The first-order chi connectivity index (χ1) is 14.4. The Morgan fingerprint density at radius 3 is 2.33 bits per heavy atom. The Bertz CT molecular complexity index is 984. The van der Waals surface area contributed by atoms with E-state index in [1.165, 1.54) is 19.1 Å². The number of carbonyl (C=O) groups excluding carboxylic acids is 2. The minimum absolute atomic E-state index is 0.0469. The van der Waals surface area contributed by atoms with Gasteiger partial charge in [-0.3, -0.25) is 9.59 Å². The molecule has 0 aromatic heterocycles. The maximum Gasteiger partial charge on any atom is 0.295 e. The lowest BCUT2D eigenvalue weighted by atomic mass is 9.95. The van der Waals surface area contributed by atoms with Crippen molar-refractivity contribution in [3.63, 3.8) is 0 Å². The Morgan fingerprint density at radius 1 is 1.07 bits per heavy atom. The third-order valence-electron chi connectivity index (χ3n) is 5.13. The highest BCUT2D eigenvalue weighted by Crippen LogP contribution is 2.42. The molecular formula is C23H24ClNO5. The summed E-state index contributed by atoms with van der Waals surface area (Å²) in [6.07, 6.45) is 1.59. The molecule has 1 atom stereocenters. The van der Waals surface area contributed by atoms with Gasteiger partial charge in [0.25, 0.3) is 11.7 Å². The number of Topliss-reactive ketones (excluding diaryl/α,β-unsaturated/α-hetero) is 1. The lowest BCUT2D eigenvalue weighted by molar-refractivity contribution is -0.139. The zero-order valence-electron chi connectivity index (χ0n) is 17.1. The first kappa shape index (κ1) is 21.7. The summed E-state index contributed by atoms with van der Waals surface area (Å²) in [7, 11) is 3.05. The Kier molecular flexibility index (Phi) is 6.67. The predicted molar refractivity (Wildman–Crippen MR) is 115 cm³/mol. The number of ketones is 1. The van der Waals surface area contributed by atoms with Gasteiger partial charge < -0.3 is 19.5 Å². The molecule has 2 aromatic rings. The van der Waals surface area contributed by atoms with Crippen molar-refractivity contribution in [1.29, 1.82) is 0 Å². The predicted octanol–water partition coefficient (Wildman–Crippen LogP) is 4.58. The molecule has 1 amide bonds. The third kappa shape index (κ3) is 4.00. The number of unbranched alkanes of at least 4 members (excludes halogenated alkanes) is 1. The molecule has 30 heavy (non-hydrogen) atoms. The van der Waals surface area contributed by atoms with Crippen molar-refractivity contribution in [3.8, 4) is 11.5 Å². The van der Waals surface area contributed by atoms with Crippen LogP contribution in [0.2, 0.25) is 5.02 Å². The number of hydrogen-bond acceptors (Lipinski definition) is 5. The van der Waals surface area contributed by atoms with Crippen molar-refractivity contribution < 1.29 is 24.2 Å². The first-order valence-corrected chi connectivity index (χ1v) is 10.1. The summed E-state index contributed by atoms with van der Waals surface area (Å²) in [4.78, 5) is 27.3. The summed E-state index contributed by atoms with van der Waals surface area (Å²) < 4.78 is 10.7. The summed E-state index contributed by atoms with van der Waals surface area (Å²) in [6.45, 7) is 2.41. The molecule has 1 heterocycles. The highest BCUT2D eigenvalue weighted by atomic mass is 35.5. The van der Waals surface area contributed by atoms with E-state index >= 15 is 0 Å². The molecule has 1 unspecified atom stereocenters. The molecule has 0 saturated carbocycles. The molecular weight excluding hydrogens is 406 g/mol. The average molecular weight is 430 g/mol. The van der Waals surface area contributed by atoms with Crippen LogP contribution in [0.15, 0.2) is 48.0 Å². The van der Waals surface area contributed by atoms with E-state index in [2.05, 4.69) is 0 Å². The average Bonchev–Trinajstić information content (AvgIpc) is 3.01. The van der Waals surface area contributed by atoms with E-state index in [1.807, 2.05) is 6.92 Å². The first-order valence-electron chi connectivity index (χ1n) is 9.69. The third-order valence-corrected chi connectivity index (χ3v) is 5.39. The van der Waals surface area contributed by atoms with Gasteiger partial charge in [-0.05, 0) is 48.4 Å². The number of carbonyl (C=O) groups is 2. The largest absolute Gasteiger partial charge is 0.507 e. The number of halogens is 1. The molecule has 1 saturated heterocycles. The molecule has 1 aliphatic heterocycles. The number of ether oxygens (including phenoxy) is 2. The number of likely N-dealkylation sites (tertiary alicyclic amines) is 1. The second kappa shape index (κ2) is 9.22. The standard InChI is InChI=1S/C23H24ClNO5/c1-4-5-12-25-20(15-8-11-17(29-2)18(13-15)30-3)19(22(27)23(25)28)21(26)14-6-9-16(24)10-7-14/h6-11,13,20,26H,4-5,12H2,1-3H3/b21-19+. The number of aliphatic hydroxyl groups excluding tert-OH is 1. The normalized spacial score (nSPS) is 18.0. The molecule has 1 fully saturated rings. The van der Waals surface area contributed by atoms with Crippen molar-refractivity contribution in [1.82, 2.24) is 4.90 Å². The number of benzene rings is 2. The smallest absolute Gasteiger partial charge is 0.295 e. The van der Waals surface area contributed by atoms with Crippen LogP contribution in [0.5, 0.6) is 11.5 Å². The SMILES string of the molecule is CCCCN1C(=O)C(=O)/C(=C(/O)c2ccc(Cl)cc2)C1c1ccc(OC)c(OC)c1. The van der Waals surface area contributed by atoms with Gasteiger partial charge in [-0.15, -0.1) is 0 Å². The van der Waals surface area contributed by atoms with E-state index in [0.717, 1.165) is 12.8 Å². The van der Waals surface area contributed by atoms with E-state index in [0.29, 0.717) is 34.2 Å². The van der Waals surface area contributed by atoms with Crippen LogP contribution in [0, 0.1) is 0 Å². The van der Waals surface area contributed by atoms with Gasteiger partial charge in [-0.25, -0.2) is 0 Å². The van der Waals surface area contributed by atoms with Crippen LogP contribution in [0.3, 0.4) is 0 Å². The number of rotatable bonds is 7. The molecule has 2 aromatic carbocycles. The van der Waals surface area contributed by atoms with Gasteiger partial charge >= 0.3 is 0 Å². The quantitative estimate of drug-likeness (QED) is 0.396. The number of amides is 1. The van der Waals surface area contributed by atoms with Crippen LogP contribution in [0.1, 0.15) is 36.9 Å². The molecule has 0 bridgehead atoms. The summed E-state index contributed by atoms with van der Waals surface area (Å²) in [5.41, 5.74) is 1.11. The summed E-state index contributed by atoms with van der Waals surface area (Å²) in [5, 5.41) is 11.5. The van der Waals surface area contributed by atoms with E-state index in [4.69, 9.17) is 21.1 Å². The van der Waals surface area contributed by atoms with Gasteiger partial charge in [0.2, 0.25) is 0 Å². The van der Waals surface area contributed by atoms with Crippen molar-refractivity contribution in [3.05, 3.63) is 64.2 Å². The fraction of sp³-hybridized carbons (Fsp3) is 0.304. The van der Waals surface area contributed by atoms with E-state index in [9.17, 15) is 14.7 Å². The van der Waals surface area contributed by atoms with Crippen LogP contribution >= 0.6 is 11.6 Å². The van der Waals surface area contributed by atoms with E-state index in [1.54, 1.807) is 42.5 Å². The molecule has 0 radical (unpaired) electrons. The Labute approximate surface area is 180 Å². The van der Waals surface area contributed by atoms with Gasteiger partial charge in [-0.2, -0.15) is 0 Å². The van der Waals surface area contributed by atoms with Gasteiger partial charge in [0.05, 0.1) is 25.8 Å². The van der Waals surface area contributed by atoms with Crippen molar-refractivity contribution in [2.24, 2.45) is 0 Å². The van der Waals surface area contributed by atoms with Gasteiger partial charge in [0.15, 0.2) is 11.5 Å². The van der Waals surface area contributed by atoms with Gasteiger partial charge in [0, 0.05) is 17.1 Å². The highest BCUT2D eigenvalue weighted by Gasteiger charge is 2.45. The Balaban J connectivity index is 2.18. The number of hydrogen-bond donors (Lipinski definition) is 1.